The van der Waals surface area contributed by atoms with E-state index in [9.17, 15) is 14.7 Å². The summed E-state index contributed by atoms with van der Waals surface area (Å²) in [4.78, 5) is 33.9. The highest BCUT2D eigenvalue weighted by molar-refractivity contribution is 6.35. The molecule has 0 atom stereocenters. The van der Waals surface area contributed by atoms with E-state index in [0.717, 1.165) is 72.9 Å². The Bertz CT molecular complexity index is 1110. The predicted molar refractivity (Wildman–Crippen MR) is 137 cm³/mol. The molecule has 0 bridgehead atoms. The number of aromatic amines is 1. The monoisotopic (exact) mass is 480 g/mol. The van der Waals surface area contributed by atoms with Crippen LogP contribution in [0.4, 0.5) is 5.69 Å². The minimum Gasteiger partial charge on any atom is -0.462 e. The molecule has 188 valence electrons. The van der Waals surface area contributed by atoms with Gasteiger partial charge in [0.1, 0.15) is 0 Å². The van der Waals surface area contributed by atoms with Crippen molar-refractivity contribution in [3.05, 3.63) is 51.8 Å². The zero-order valence-corrected chi connectivity index (χ0v) is 20.9. The summed E-state index contributed by atoms with van der Waals surface area (Å²) >= 11 is 0. The second kappa shape index (κ2) is 11.2. The number of aromatic nitrogens is 1. The summed E-state index contributed by atoms with van der Waals surface area (Å²) < 4.78 is 5.37. The van der Waals surface area contributed by atoms with Crippen LogP contribution in [0, 0.1) is 6.92 Å². The van der Waals surface area contributed by atoms with Crippen LogP contribution in [0.3, 0.4) is 0 Å². The molecule has 0 radical (unpaired) electrons. The minimum atomic E-state index is -0.335. The third-order valence-electron chi connectivity index (χ3n) is 6.88. The van der Waals surface area contributed by atoms with Gasteiger partial charge in [-0.1, -0.05) is 12.1 Å². The fourth-order valence-corrected chi connectivity index (χ4v) is 5.05. The van der Waals surface area contributed by atoms with Crippen LogP contribution in [0.25, 0.3) is 11.6 Å². The largest absolute Gasteiger partial charge is 0.462 e. The summed E-state index contributed by atoms with van der Waals surface area (Å²) in [6.07, 6.45) is 3.92. The Morgan fingerprint density at radius 1 is 1.20 bits per heavy atom. The smallest absolute Gasteiger partial charge is 0.340 e. The normalized spacial score (nSPS) is 17.6. The van der Waals surface area contributed by atoms with Crippen molar-refractivity contribution in [1.82, 2.24) is 14.8 Å². The van der Waals surface area contributed by atoms with E-state index in [1.165, 1.54) is 0 Å². The Morgan fingerprint density at radius 3 is 2.69 bits per heavy atom. The highest BCUT2D eigenvalue weighted by atomic mass is 16.5. The Kier molecular flexibility index (Phi) is 8.05. The first-order valence-corrected chi connectivity index (χ1v) is 12.5. The number of nitrogens with one attached hydrogen (secondary N) is 2. The van der Waals surface area contributed by atoms with Crippen LogP contribution in [-0.2, 0) is 22.4 Å². The SMILES string of the molecule is CCOC(=O)c1c(C)[nH]c(/C=C2\C(=O)Nc3cccc(CCO)c32)c1CCCN1CCN(C)CC1. The Labute approximate surface area is 207 Å². The lowest BCUT2D eigenvalue weighted by molar-refractivity contribution is -0.110. The van der Waals surface area contributed by atoms with E-state index in [1.807, 2.05) is 31.2 Å². The van der Waals surface area contributed by atoms with Gasteiger partial charge in [-0.25, -0.2) is 4.79 Å². The van der Waals surface area contributed by atoms with E-state index in [4.69, 9.17) is 4.74 Å². The highest BCUT2D eigenvalue weighted by Crippen LogP contribution is 2.37. The van der Waals surface area contributed by atoms with E-state index in [1.54, 1.807) is 6.92 Å². The number of aliphatic hydroxyl groups is 1. The maximum atomic E-state index is 12.9. The second-order valence-electron chi connectivity index (χ2n) is 9.31. The molecular formula is C27H36N4O4. The molecule has 0 spiro atoms. The van der Waals surface area contributed by atoms with Crippen LogP contribution >= 0.6 is 0 Å². The number of hydrogen-bond acceptors (Lipinski definition) is 6. The first-order valence-electron chi connectivity index (χ1n) is 12.5. The molecule has 2 aliphatic heterocycles. The van der Waals surface area contributed by atoms with Gasteiger partial charge in [0.2, 0.25) is 0 Å². The molecule has 35 heavy (non-hydrogen) atoms. The van der Waals surface area contributed by atoms with Crippen molar-refractivity contribution >= 4 is 29.2 Å². The van der Waals surface area contributed by atoms with E-state index in [2.05, 4.69) is 27.1 Å². The summed E-state index contributed by atoms with van der Waals surface area (Å²) in [6.45, 7) is 9.18. The molecule has 1 amide bonds. The number of rotatable bonds is 9. The fraction of sp³-hybridized carbons (Fsp3) is 0.481. The molecule has 1 aromatic heterocycles. The molecular weight excluding hydrogens is 444 g/mol. The number of amides is 1. The number of fused-ring (bicyclic) bond motifs is 1. The van der Waals surface area contributed by atoms with Gasteiger partial charge in [-0.05, 0) is 70.0 Å². The number of piperazine rings is 1. The summed E-state index contributed by atoms with van der Waals surface area (Å²) in [6, 6.07) is 5.69. The number of carbonyl (C=O) groups excluding carboxylic acids is 2. The maximum absolute atomic E-state index is 12.9. The van der Waals surface area contributed by atoms with Crippen LogP contribution in [0.1, 0.15) is 51.8 Å². The number of aryl methyl sites for hydroxylation is 1. The number of ether oxygens (including phenoxy) is 1. The Balaban J connectivity index is 1.66. The molecule has 3 heterocycles. The molecule has 4 rings (SSSR count). The second-order valence-corrected chi connectivity index (χ2v) is 9.31. The topological polar surface area (TPSA) is 97.9 Å². The van der Waals surface area contributed by atoms with Gasteiger partial charge in [0.15, 0.2) is 0 Å². The number of H-pyrrole nitrogens is 1. The number of esters is 1. The molecule has 1 aromatic carbocycles. The molecule has 2 aromatic rings. The lowest BCUT2D eigenvalue weighted by Crippen LogP contribution is -2.44. The predicted octanol–water partition coefficient (Wildman–Crippen LogP) is 2.71. The van der Waals surface area contributed by atoms with E-state index >= 15 is 0 Å². The molecule has 0 aliphatic carbocycles. The molecule has 0 unspecified atom stereocenters. The van der Waals surface area contributed by atoms with Crippen LogP contribution in [0.15, 0.2) is 18.2 Å². The molecule has 8 heteroatoms. The van der Waals surface area contributed by atoms with Crippen molar-refractivity contribution in [2.45, 2.75) is 33.1 Å². The van der Waals surface area contributed by atoms with Crippen molar-refractivity contribution < 1.29 is 19.4 Å². The van der Waals surface area contributed by atoms with Gasteiger partial charge < -0.3 is 29.9 Å². The van der Waals surface area contributed by atoms with Gasteiger partial charge in [-0.15, -0.1) is 0 Å². The maximum Gasteiger partial charge on any atom is 0.340 e. The standard InChI is InChI=1S/C27H36N4O4/c1-4-35-27(34)24-18(2)28-23(20(24)8-6-11-31-14-12-30(3)13-15-31)17-21-25-19(10-16-32)7-5-9-22(25)29-26(21)33/h5,7,9,17,28,32H,4,6,8,10-16H2,1-3H3,(H,29,33)/b21-17-. The number of carbonyl (C=O) groups is 2. The first kappa shape index (κ1) is 25.2. The van der Waals surface area contributed by atoms with Crippen molar-refractivity contribution in [2.75, 3.05) is 58.3 Å². The zero-order chi connectivity index (χ0) is 24.9. The fourth-order valence-electron chi connectivity index (χ4n) is 5.05. The lowest BCUT2D eigenvalue weighted by atomic mass is 9.96. The van der Waals surface area contributed by atoms with Crippen LogP contribution in [0.2, 0.25) is 0 Å². The molecule has 3 N–H and O–H groups in total. The van der Waals surface area contributed by atoms with Gasteiger partial charge in [-0.2, -0.15) is 0 Å². The number of hydrogen-bond donors (Lipinski definition) is 3. The number of nitrogens with zero attached hydrogens (tertiary/aromatic N) is 2. The molecule has 1 fully saturated rings. The number of likely N-dealkylation sites (N-methyl/N-ethyl adjacent to an activating group) is 1. The van der Waals surface area contributed by atoms with Crippen LogP contribution in [-0.4, -0.2) is 84.8 Å². The van der Waals surface area contributed by atoms with Crippen molar-refractivity contribution in [3.63, 3.8) is 0 Å². The summed E-state index contributed by atoms with van der Waals surface area (Å²) in [5, 5.41) is 12.5. The summed E-state index contributed by atoms with van der Waals surface area (Å²) in [5.41, 5.74) is 5.99. The molecule has 8 nitrogen and oxygen atoms in total. The van der Waals surface area contributed by atoms with E-state index < -0.39 is 0 Å². The summed E-state index contributed by atoms with van der Waals surface area (Å²) in [5.74, 6) is -0.517. The minimum absolute atomic E-state index is 0.00405. The van der Waals surface area contributed by atoms with Gasteiger partial charge in [-0.3, -0.25) is 4.79 Å². The molecule has 2 aliphatic rings. The third-order valence-corrected chi connectivity index (χ3v) is 6.88. The first-order chi connectivity index (χ1) is 16.9. The van der Waals surface area contributed by atoms with Crippen molar-refractivity contribution in [3.8, 4) is 0 Å². The number of benzene rings is 1. The Morgan fingerprint density at radius 2 is 1.97 bits per heavy atom. The van der Waals surface area contributed by atoms with Crippen molar-refractivity contribution in [2.24, 2.45) is 0 Å². The van der Waals surface area contributed by atoms with Crippen LogP contribution in [0.5, 0.6) is 0 Å². The third kappa shape index (κ3) is 5.50. The van der Waals surface area contributed by atoms with Gasteiger partial charge >= 0.3 is 5.97 Å². The molecule has 0 saturated carbocycles. The van der Waals surface area contributed by atoms with Crippen molar-refractivity contribution in [1.29, 1.82) is 0 Å². The average molecular weight is 481 g/mol. The highest BCUT2D eigenvalue weighted by Gasteiger charge is 2.28. The summed E-state index contributed by atoms with van der Waals surface area (Å²) in [7, 11) is 2.15. The van der Waals surface area contributed by atoms with Crippen LogP contribution < -0.4 is 5.32 Å². The lowest BCUT2D eigenvalue weighted by Gasteiger charge is -2.32. The number of aliphatic hydroxyl groups excluding tert-OH is 1. The van der Waals surface area contributed by atoms with Gasteiger partial charge in [0.05, 0.1) is 17.7 Å². The zero-order valence-electron chi connectivity index (χ0n) is 20.9. The van der Waals surface area contributed by atoms with Gasteiger partial charge in [0.25, 0.3) is 5.91 Å². The van der Waals surface area contributed by atoms with E-state index in [-0.39, 0.29) is 18.5 Å². The Hall–Kier alpha value is -2.94. The van der Waals surface area contributed by atoms with E-state index in [0.29, 0.717) is 30.6 Å². The van der Waals surface area contributed by atoms with Gasteiger partial charge in [0, 0.05) is 55.4 Å². The molecule has 1 saturated heterocycles. The quantitative estimate of drug-likeness (QED) is 0.377. The number of anilines is 1. The average Bonchev–Trinajstić information content (AvgIpc) is 3.32.